The van der Waals surface area contributed by atoms with E-state index in [1.165, 1.54) is 6.08 Å². The maximum Gasteiger partial charge on any atom is 0.320 e. The third-order valence-corrected chi connectivity index (χ3v) is 5.00. The van der Waals surface area contributed by atoms with Crippen LogP contribution in [0.15, 0.2) is 42.9 Å². The molecule has 0 bridgehead atoms. The molecule has 9 heteroatoms. The summed E-state index contributed by atoms with van der Waals surface area (Å²) in [4.78, 5) is 24.1. The molecule has 0 aromatic carbocycles. The minimum Gasteiger partial charge on any atom is -0.495 e. The van der Waals surface area contributed by atoms with Gasteiger partial charge >= 0.3 is 6.55 Å². The molecule has 2 heterocycles. The Bertz CT molecular complexity index is 964. The van der Waals surface area contributed by atoms with Gasteiger partial charge in [-0.25, -0.2) is 4.98 Å². The Labute approximate surface area is 179 Å². The molecule has 0 radical (unpaired) electrons. The van der Waals surface area contributed by atoms with Gasteiger partial charge in [-0.2, -0.15) is 13.8 Å². The number of aromatic nitrogens is 3. The number of methoxy groups -OCH3 is 1. The second-order valence-electron chi connectivity index (χ2n) is 7.06. The number of pyridine rings is 1. The number of alkyl halides is 2. The van der Waals surface area contributed by atoms with Crippen LogP contribution in [0.5, 0.6) is 11.6 Å². The molecule has 164 valence electrons. The summed E-state index contributed by atoms with van der Waals surface area (Å²) < 4.78 is 36.7. The highest BCUT2D eigenvalue weighted by Gasteiger charge is 2.40. The lowest BCUT2D eigenvalue weighted by molar-refractivity contribution is -0.125. The molecule has 0 N–H and O–H groups in total. The number of aryl methyl sites for hydroxylation is 1. The summed E-state index contributed by atoms with van der Waals surface area (Å²) in [5.41, 5.74) is 2.11. The number of nitrogens with zero attached hydrogens (tertiary/aromatic N) is 4. The molecule has 0 spiro atoms. The Morgan fingerprint density at radius 1 is 1.32 bits per heavy atom. The Hall–Kier alpha value is -3.36. The van der Waals surface area contributed by atoms with Gasteiger partial charge < -0.3 is 9.47 Å². The first-order chi connectivity index (χ1) is 15.0. The van der Waals surface area contributed by atoms with Crippen molar-refractivity contribution in [3.8, 4) is 11.6 Å². The number of hydrogen-bond acceptors (Lipinski definition) is 6. The molecule has 2 unspecified atom stereocenters. The third-order valence-electron chi connectivity index (χ3n) is 5.00. The molecule has 7 nitrogen and oxygen atoms in total. The van der Waals surface area contributed by atoms with Gasteiger partial charge in [-0.05, 0) is 44.1 Å². The van der Waals surface area contributed by atoms with E-state index < -0.39 is 6.55 Å². The van der Waals surface area contributed by atoms with Crippen LogP contribution in [0.2, 0.25) is 0 Å². The second kappa shape index (κ2) is 10.1. The van der Waals surface area contributed by atoms with Crippen molar-refractivity contribution in [2.75, 3.05) is 13.7 Å². The van der Waals surface area contributed by atoms with Crippen LogP contribution >= 0.6 is 0 Å². The first-order valence-corrected chi connectivity index (χ1v) is 9.79. The van der Waals surface area contributed by atoms with Gasteiger partial charge in [-0.15, -0.1) is 0 Å². The lowest BCUT2D eigenvalue weighted by Crippen LogP contribution is -2.20. The maximum atomic E-state index is 12.8. The van der Waals surface area contributed by atoms with E-state index in [2.05, 4.69) is 15.0 Å². The van der Waals surface area contributed by atoms with E-state index >= 15 is 0 Å². The molecule has 3 rings (SSSR count). The quantitative estimate of drug-likeness (QED) is 0.323. The Kier molecular flexibility index (Phi) is 7.28. The van der Waals surface area contributed by atoms with Crippen molar-refractivity contribution in [3.63, 3.8) is 0 Å². The van der Waals surface area contributed by atoms with Crippen molar-refractivity contribution in [1.82, 2.24) is 19.9 Å². The van der Waals surface area contributed by atoms with Crippen molar-refractivity contribution in [2.45, 2.75) is 32.7 Å². The number of carbonyl (C=O) groups is 1. The van der Waals surface area contributed by atoms with E-state index in [9.17, 15) is 13.6 Å². The second-order valence-corrected chi connectivity index (χ2v) is 7.06. The van der Waals surface area contributed by atoms with E-state index in [0.717, 1.165) is 18.3 Å². The van der Waals surface area contributed by atoms with Crippen LogP contribution in [0.4, 0.5) is 8.78 Å². The number of hydrogen-bond donors (Lipinski definition) is 0. The zero-order valence-electron chi connectivity index (χ0n) is 17.5. The number of amides is 1. The van der Waals surface area contributed by atoms with Crippen LogP contribution in [-0.4, -0.2) is 46.5 Å². The van der Waals surface area contributed by atoms with Gasteiger partial charge in [0.15, 0.2) is 0 Å². The summed E-state index contributed by atoms with van der Waals surface area (Å²) in [6.07, 6.45) is 8.44. The van der Waals surface area contributed by atoms with E-state index in [1.807, 2.05) is 12.1 Å². The standard InChI is InChI=1S/C22H24F2N4O3/c1-4-15(7-8-28(13-29)22(23)24)19-11-25-14(2)27-21(19)31-12-16-9-18(16)20-6-5-17(30-3)10-26-20/h4-8,10-11,13,16,18,22H,9,12H2,1-3H3/b8-7-,15-4+. The summed E-state index contributed by atoms with van der Waals surface area (Å²) >= 11 is 0. The molecule has 0 saturated heterocycles. The SMILES string of the molecule is C/C=C(\C=C/N(C=O)C(F)F)c1cnc(C)nc1OCC1CC1c1ccc(OC)cn1. The van der Waals surface area contributed by atoms with E-state index in [4.69, 9.17) is 9.47 Å². The fourth-order valence-corrected chi connectivity index (χ4v) is 3.12. The number of halogens is 2. The van der Waals surface area contributed by atoms with Crippen molar-refractivity contribution < 1.29 is 23.0 Å². The molecule has 2 atom stereocenters. The molecule has 1 aliphatic carbocycles. The van der Waals surface area contributed by atoms with Gasteiger partial charge in [-0.3, -0.25) is 14.7 Å². The Morgan fingerprint density at radius 3 is 2.74 bits per heavy atom. The van der Waals surface area contributed by atoms with Crippen molar-refractivity contribution in [1.29, 1.82) is 0 Å². The maximum absolute atomic E-state index is 12.8. The average Bonchev–Trinajstić information content (AvgIpc) is 3.55. The van der Waals surface area contributed by atoms with Gasteiger partial charge in [0, 0.05) is 29.9 Å². The molecule has 1 fully saturated rings. The van der Waals surface area contributed by atoms with Crippen LogP contribution in [0, 0.1) is 12.8 Å². The molecular formula is C22H24F2N4O3. The normalized spacial score (nSPS) is 18.3. The van der Waals surface area contributed by atoms with Gasteiger partial charge in [0.1, 0.15) is 11.6 Å². The van der Waals surface area contributed by atoms with Gasteiger partial charge in [-0.1, -0.05) is 6.08 Å². The number of rotatable bonds is 10. The van der Waals surface area contributed by atoms with Crippen LogP contribution in [0.1, 0.15) is 36.3 Å². The summed E-state index contributed by atoms with van der Waals surface area (Å²) in [6, 6.07) is 3.84. The van der Waals surface area contributed by atoms with Gasteiger partial charge in [0.2, 0.25) is 12.3 Å². The first-order valence-electron chi connectivity index (χ1n) is 9.79. The Balaban J connectivity index is 1.70. The van der Waals surface area contributed by atoms with Crippen LogP contribution < -0.4 is 9.47 Å². The molecule has 1 aliphatic rings. The number of carbonyl (C=O) groups excluding carboxylic acids is 1. The topological polar surface area (TPSA) is 77.4 Å². The summed E-state index contributed by atoms with van der Waals surface area (Å²) in [5.74, 6) is 2.23. The predicted octanol–water partition coefficient (Wildman–Crippen LogP) is 3.97. The minimum atomic E-state index is -2.92. The van der Waals surface area contributed by atoms with E-state index in [0.29, 0.717) is 47.0 Å². The highest BCUT2D eigenvalue weighted by molar-refractivity contribution is 5.76. The lowest BCUT2D eigenvalue weighted by Gasteiger charge is -2.13. The predicted molar refractivity (Wildman–Crippen MR) is 111 cm³/mol. The fraction of sp³-hybridized carbons (Fsp3) is 0.364. The highest BCUT2D eigenvalue weighted by Crippen LogP contribution is 2.47. The number of ether oxygens (including phenoxy) is 2. The summed E-state index contributed by atoms with van der Waals surface area (Å²) in [6.45, 7) is 1.02. The zero-order valence-corrected chi connectivity index (χ0v) is 17.5. The minimum absolute atomic E-state index is 0.0674. The van der Waals surface area contributed by atoms with Gasteiger partial charge in [0.25, 0.3) is 0 Å². The molecule has 1 saturated carbocycles. The van der Waals surface area contributed by atoms with E-state index in [1.54, 1.807) is 39.4 Å². The lowest BCUT2D eigenvalue weighted by atomic mass is 10.1. The molecule has 31 heavy (non-hydrogen) atoms. The molecule has 2 aromatic heterocycles. The summed E-state index contributed by atoms with van der Waals surface area (Å²) in [7, 11) is 1.60. The first kappa shape index (κ1) is 22.3. The van der Waals surface area contributed by atoms with Crippen LogP contribution in [0.3, 0.4) is 0 Å². The zero-order chi connectivity index (χ0) is 22.4. The van der Waals surface area contributed by atoms with Crippen LogP contribution in [-0.2, 0) is 4.79 Å². The monoisotopic (exact) mass is 430 g/mol. The van der Waals surface area contributed by atoms with E-state index in [-0.39, 0.29) is 11.3 Å². The number of allylic oxidation sites excluding steroid dienone is 3. The fourth-order valence-electron chi connectivity index (χ4n) is 3.12. The third kappa shape index (κ3) is 5.62. The molecular weight excluding hydrogens is 406 g/mol. The Morgan fingerprint density at radius 2 is 2.13 bits per heavy atom. The largest absolute Gasteiger partial charge is 0.495 e. The smallest absolute Gasteiger partial charge is 0.320 e. The molecule has 2 aromatic rings. The van der Waals surface area contributed by atoms with Crippen molar-refractivity contribution in [3.05, 3.63) is 60.0 Å². The van der Waals surface area contributed by atoms with Crippen molar-refractivity contribution >= 4 is 12.0 Å². The molecule has 1 amide bonds. The molecule has 0 aliphatic heterocycles. The van der Waals surface area contributed by atoms with Crippen molar-refractivity contribution in [2.24, 2.45) is 5.92 Å². The summed E-state index contributed by atoms with van der Waals surface area (Å²) in [5, 5.41) is 0. The van der Waals surface area contributed by atoms with Crippen LogP contribution in [0.25, 0.3) is 5.57 Å². The van der Waals surface area contributed by atoms with Gasteiger partial charge in [0.05, 0.1) is 25.5 Å². The highest BCUT2D eigenvalue weighted by atomic mass is 19.3. The average molecular weight is 430 g/mol.